The van der Waals surface area contributed by atoms with Crippen LogP contribution in [0.3, 0.4) is 0 Å². The summed E-state index contributed by atoms with van der Waals surface area (Å²) in [6.45, 7) is 7.75. The zero-order chi connectivity index (χ0) is 29.2. The topological polar surface area (TPSA) is 103 Å². The minimum absolute atomic E-state index is 0.0796. The van der Waals surface area contributed by atoms with E-state index >= 15 is 0 Å². The van der Waals surface area contributed by atoms with E-state index < -0.39 is 28.1 Å². The Morgan fingerprint density at radius 3 is 2.20 bits per heavy atom. The van der Waals surface area contributed by atoms with Crippen LogP contribution in [0.2, 0.25) is 0 Å². The molecule has 2 atom stereocenters. The zero-order valence-corrected chi connectivity index (χ0v) is 24.7. The molecule has 3 aromatic rings. The number of benzene rings is 3. The third kappa shape index (κ3) is 5.82. The lowest BCUT2D eigenvalue weighted by molar-refractivity contribution is -0.128. The summed E-state index contributed by atoms with van der Waals surface area (Å²) in [5.41, 5.74) is 1.80. The lowest BCUT2D eigenvalue weighted by atomic mass is 9.86. The lowest BCUT2D eigenvalue weighted by Crippen LogP contribution is -2.51. The first-order valence-corrected chi connectivity index (χ1v) is 14.3. The summed E-state index contributed by atoms with van der Waals surface area (Å²) in [5.74, 6) is 1.59. The van der Waals surface area contributed by atoms with E-state index in [0.29, 0.717) is 34.2 Å². The van der Waals surface area contributed by atoms with E-state index in [1.54, 1.807) is 50.6 Å². The largest absolute Gasteiger partial charge is 0.497 e. The second kappa shape index (κ2) is 11.3. The molecule has 1 aliphatic rings. The van der Waals surface area contributed by atoms with Gasteiger partial charge in [-0.05, 0) is 72.5 Å². The molecule has 1 N–H and O–H groups in total. The molecule has 0 aliphatic carbocycles. The van der Waals surface area contributed by atoms with Crippen molar-refractivity contribution in [2.45, 2.75) is 50.2 Å². The molecule has 214 valence electrons. The number of methoxy groups -OCH3 is 3. The number of hydrogen-bond donors (Lipinski definition) is 1. The van der Waals surface area contributed by atoms with Crippen LogP contribution in [-0.4, -0.2) is 48.3 Å². The lowest BCUT2D eigenvalue weighted by Gasteiger charge is -2.36. The van der Waals surface area contributed by atoms with Gasteiger partial charge < -0.3 is 24.3 Å². The molecule has 3 aromatic carbocycles. The summed E-state index contributed by atoms with van der Waals surface area (Å²) in [6.07, 6.45) is -1.10. The maximum atomic E-state index is 13.9. The van der Waals surface area contributed by atoms with Gasteiger partial charge in [-0.15, -0.1) is 0 Å². The number of nitrogens with zero attached hydrogens (tertiary/aromatic N) is 1. The summed E-state index contributed by atoms with van der Waals surface area (Å²) < 4.78 is 51.2. The predicted octanol–water partition coefficient (Wildman–Crippen LogP) is 4.84. The normalized spacial score (nSPS) is 15.9. The fourth-order valence-electron chi connectivity index (χ4n) is 4.52. The van der Waals surface area contributed by atoms with E-state index in [9.17, 15) is 13.2 Å². The molecule has 0 unspecified atom stereocenters. The highest BCUT2D eigenvalue weighted by atomic mass is 32.2. The number of anilines is 1. The molecule has 0 bridgehead atoms. The second-order valence-corrected chi connectivity index (χ2v) is 12.5. The third-order valence-electron chi connectivity index (χ3n) is 6.90. The molecule has 0 fully saturated rings. The maximum absolute atomic E-state index is 13.9. The zero-order valence-electron chi connectivity index (χ0n) is 23.8. The molecule has 4 rings (SSSR count). The van der Waals surface area contributed by atoms with Gasteiger partial charge in [0.2, 0.25) is 0 Å². The highest BCUT2D eigenvalue weighted by Gasteiger charge is 2.39. The fourth-order valence-corrected chi connectivity index (χ4v) is 5.99. The quantitative estimate of drug-likeness (QED) is 0.415. The molecule has 1 aliphatic heterocycles. The monoisotopic (exact) mass is 568 g/mol. The average Bonchev–Trinajstić information content (AvgIpc) is 2.95. The molecule has 0 saturated heterocycles. The molecule has 1 amide bonds. The molecule has 9 nitrogen and oxygen atoms in total. The van der Waals surface area contributed by atoms with Crippen LogP contribution in [0.25, 0.3) is 0 Å². The maximum Gasteiger partial charge on any atom is 0.264 e. The summed E-state index contributed by atoms with van der Waals surface area (Å²) in [5, 5.41) is 2.95. The van der Waals surface area contributed by atoms with Crippen LogP contribution in [0.5, 0.6) is 23.0 Å². The van der Waals surface area contributed by atoms with Gasteiger partial charge in [-0.3, -0.25) is 9.10 Å². The molecule has 0 saturated carbocycles. The first kappa shape index (κ1) is 29.1. The van der Waals surface area contributed by atoms with Gasteiger partial charge in [0.25, 0.3) is 15.9 Å². The number of hydrogen-bond acceptors (Lipinski definition) is 7. The standard InChI is InChI=1S/C30H36N2O7S/c1-19(24-17-22(37-6)11-15-26(24)38-7)31-29(33)28-18-32(40(34,35)23-12-9-21(36-5)10-13-23)25-16-20(30(2,3)4)8-14-27(25)39-28/h8-17,19,28H,18H2,1-7H3,(H,31,33)/t19-,28+/m0/s1. The van der Waals surface area contributed by atoms with E-state index in [1.165, 1.54) is 23.5 Å². The number of nitrogens with one attached hydrogen (secondary N) is 1. The number of sulfonamides is 1. The van der Waals surface area contributed by atoms with Crippen molar-refractivity contribution in [3.05, 3.63) is 71.8 Å². The highest BCUT2D eigenvalue weighted by Crippen LogP contribution is 2.40. The molecule has 0 aromatic heterocycles. The summed E-state index contributed by atoms with van der Waals surface area (Å²) in [4.78, 5) is 13.6. The summed E-state index contributed by atoms with van der Waals surface area (Å²) >= 11 is 0. The molecule has 1 heterocycles. The first-order chi connectivity index (χ1) is 18.9. The Labute approximate surface area is 236 Å². The van der Waals surface area contributed by atoms with Gasteiger partial charge in [0.15, 0.2) is 6.10 Å². The van der Waals surface area contributed by atoms with Crippen molar-refractivity contribution in [1.82, 2.24) is 5.32 Å². The van der Waals surface area contributed by atoms with Crippen LogP contribution >= 0.6 is 0 Å². The molecule has 40 heavy (non-hydrogen) atoms. The highest BCUT2D eigenvalue weighted by molar-refractivity contribution is 7.92. The van der Waals surface area contributed by atoms with Crippen LogP contribution in [-0.2, 0) is 20.2 Å². The predicted molar refractivity (Wildman–Crippen MR) is 153 cm³/mol. The van der Waals surface area contributed by atoms with Crippen molar-refractivity contribution in [2.24, 2.45) is 0 Å². The van der Waals surface area contributed by atoms with Gasteiger partial charge in [-0.2, -0.15) is 0 Å². The summed E-state index contributed by atoms with van der Waals surface area (Å²) in [7, 11) is 0.578. The SMILES string of the molecule is COc1ccc(S(=O)(=O)N2C[C@H](C(=O)N[C@@H](C)c3cc(OC)ccc3OC)Oc3ccc(C(C)(C)C)cc32)cc1. The van der Waals surface area contributed by atoms with Gasteiger partial charge in [-0.25, -0.2) is 8.42 Å². The van der Waals surface area contributed by atoms with Gasteiger partial charge in [0.05, 0.1) is 44.5 Å². The third-order valence-corrected chi connectivity index (χ3v) is 8.69. The molecule has 10 heteroatoms. The van der Waals surface area contributed by atoms with Gasteiger partial charge in [-0.1, -0.05) is 26.8 Å². The minimum Gasteiger partial charge on any atom is -0.497 e. The number of ether oxygens (including phenoxy) is 4. The Balaban J connectivity index is 1.70. The van der Waals surface area contributed by atoms with Gasteiger partial charge in [0.1, 0.15) is 23.0 Å². The number of fused-ring (bicyclic) bond motifs is 1. The van der Waals surface area contributed by atoms with Crippen molar-refractivity contribution in [3.63, 3.8) is 0 Å². The average molecular weight is 569 g/mol. The minimum atomic E-state index is -4.05. The van der Waals surface area contributed by atoms with Crippen molar-refractivity contribution < 1.29 is 32.2 Å². The first-order valence-electron chi connectivity index (χ1n) is 12.9. The van der Waals surface area contributed by atoms with Crippen molar-refractivity contribution in [1.29, 1.82) is 0 Å². The Morgan fingerprint density at radius 1 is 0.950 bits per heavy atom. The van der Waals surface area contributed by atoms with Gasteiger partial charge in [0, 0.05) is 5.56 Å². The Hall–Kier alpha value is -3.92. The van der Waals surface area contributed by atoms with E-state index in [4.69, 9.17) is 18.9 Å². The summed E-state index contributed by atoms with van der Waals surface area (Å²) in [6, 6.07) is 16.4. The van der Waals surface area contributed by atoms with E-state index in [2.05, 4.69) is 5.32 Å². The Bertz CT molecular complexity index is 1480. The van der Waals surface area contributed by atoms with Crippen LogP contribution in [0.15, 0.2) is 65.6 Å². The van der Waals surface area contributed by atoms with Crippen LogP contribution in [0, 0.1) is 0 Å². The van der Waals surface area contributed by atoms with E-state index in [-0.39, 0.29) is 16.9 Å². The van der Waals surface area contributed by atoms with Crippen LogP contribution in [0.1, 0.15) is 44.9 Å². The van der Waals surface area contributed by atoms with Crippen LogP contribution < -0.4 is 28.6 Å². The second-order valence-electron chi connectivity index (χ2n) is 10.6. The van der Waals surface area contributed by atoms with E-state index in [0.717, 1.165) is 5.56 Å². The van der Waals surface area contributed by atoms with Crippen molar-refractivity contribution >= 4 is 21.6 Å². The molecular formula is C30H36N2O7S. The Kier molecular flexibility index (Phi) is 8.20. The van der Waals surface area contributed by atoms with Crippen molar-refractivity contribution in [2.75, 3.05) is 32.2 Å². The molecule has 0 radical (unpaired) electrons. The Morgan fingerprint density at radius 2 is 1.60 bits per heavy atom. The van der Waals surface area contributed by atoms with E-state index in [1.807, 2.05) is 39.8 Å². The van der Waals surface area contributed by atoms with Gasteiger partial charge >= 0.3 is 0 Å². The number of rotatable bonds is 8. The number of amides is 1. The van der Waals surface area contributed by atoms with Crippen molar-refractivity contribution in [3.8, 4) is 23.0 Å². The number of carbonyl (C=O) groups is 1. The smallest absolute Gasteiger partial charge is 0.264 e. The molecule has 0 spiro atoms. The fraction of sp³-hybridized carbons (Fsp3) is 0.367. The number of carbonyl (C=O) groups excluding carboxylic acids is 1. The van der Waals surface area contributed by atoms with Crippen LogP contribution in [0.4, 0.5) is 5.69 Å². The molecular weight excluding hydrogens is 532 g/mol.